The lowest BCUT2D eigenvalue weighted by molar-refractivity contribution is -0.189. The van der Waals surface area contributed by atoms with E-state index in [0.29, 0.717) is 5.69 Å². The van der Waals surface area contributed by atoms with Gasteiger partial charge in [0.05, 0.1) is 24.4 Å². The van der Waals surface area contributed by atoms with E-state index in [1.807, 2.05) is 13.8 Å². The molecule has 0 aromatic carbocycles. The van der Waals surface area contributed by atoms with Crippen molar-refractivity contribution >= 4 is 0 Å². The molecule has 18 heavy (non-hydrogen) atoms. The maximum absolute atomic E-state index is 14.1. The van der Waals surface area contributed by atoms with Gasteiger partial charge < -0.3 is 10.5 Å². The van der Waals surface area contributed by atoms with Gasteiger partial charge in [0.2, 0.25) is 0 Å². The highest BCUT2D eigenvalue weighted by Gasteiger charge is 2.58. The molecule has 2 heterocycles. The van der Waals surface area contributed by atoms with Gasteiger partial charge in [0.1, 0.15) is 5.82 Å². The topological polar surface area (TPSA) is 48.1 Å². The molecule has 1 aliphatic heterocycles. The molecule has 1 aromatic heterocycles. The van der Waals surface area contributed by atoms with Crippen LogP contribution in [0.1, 0.15) is 43.9 Å². The van der Waals surface area contributed by atoms with E-state index in [0.717, 1.165) is 31.6 Å². The standard InChI is InChI=1S/C14H19FN2O/c1-9(2)10-3-11(15)12(17-4-10)14(16)5-13(6-14)7-18-8-13/h3-4,9H,5-8,16H2,1-2H3. The fraction of sp³-hybridized carbons (Fsp3) is 0.643. The molecule has 4 heteroatoms. The van der Waals surface area contributed by atoms with Crippen molar-refractivity contribution in [2.24, 2.45) is 11.1 Å². The Morgan fingerprint density at radius 1 is 1.39 bits per heavy atom. The smallest absolute Gasteiger partial charge is 0.146 e. The maximum atomic E-state index is 14.1. The molecule has 0 amide bonds. The van der Waals surface area contributed by atoms with Crippen molar-refractivity contribution in [2.75, 3.05) is 13.2 Å². The first-order valence-electron chi connectivity index (χ1n) is 6.47. The minimum Gasteiger partial charge on any atom is -0.380 e. The molecule has 1 aliphatic carbocycles. The Hall–Kier alpha value is -1.00. The van der Waals surface area contributed by atoms with Crippen LogP contribution in [0.4, 0.5) is 4.39 Å². The van der Waals surface area contributed by atoms with Crippen molar-refractivity contribution in [2.45, 2.75) is 38.1 Å². The minimum atomic E-state index is -0.594. The van der Waals surface area contributed by atoms with Crippen molar-refractivity contribution in [3.05, 3.63) is 29.3 Å². The van der Waals surface area contributed by atoms with Crippen LogP contribution >= 0.6 is 0 Å². The first kappa shape index (κ1) is 12.1. The third kappa shape index (κ3) is 1.67. The zero-order valence-electron chi connectivity index (χ0n) is 10.9. The number of hydrogen-bond donors (Lipinski definition) is 1. The Balaban J connectivity index is 1.84. The summed E-state index contributed by atoms with van der Waals surface area (Å²) < 4.78 is 19.3. The van der Waals surface area contributed by atoms with Crippen LogP contribution in [0.2, 0.25) is 0 Å². The van der Waals surface area contributed by atoms with E-state index in [2.05, 4.69) is 4.98 Å². The summed E-state index contributed by atoms with van der Waals surface area (Å²) in [6.07, 6.45) is 3.32. The number of rotatable bonds is 2. The third-order valence-electron chi connectivity index (χ3n) is 4.20. The fourth-order valence-corrected chi connectivity index (χ4v) is 3.18. The van der Waals surface area contributed by atoms with Gasteiger partial charge in [0.25, 0.3) is 0 Å². The van der Waals surface area contributed by atoms with E-state index < -0.39 is 5.54 Å². The molecular formula is C14H19FN2O. The Labute approximate surface area is 107 Å². The molecule has 2 fully saturated rings. The summed E-state index contributed by atoms with van der Waals surface area (Å²) in [4.78, 5) is 4.28. The summed E-state index contributed by atoms with van der Waals surface area (Å²) >= 11 is 0. The van der Waals surface area contributed by atoms with Crippen LogP contribution in [0, 0.1) is 11.2 Å². The Morgan fingerprint density at radius 3 is 2.50 bits per heavy atom. The average molecular weight is 250 g/mol. The number of aromatic nitrogens is 1. The van der Waals surface area contributed by atoms with Crippen molar-refractivity contribution in [3.8, 4) is 0 Å². The van der Waals surface area contributed by atoms with Crippen LogP contribution in [-0.4, -0.2) is 18.2 Å². The van der Waals surface area contributed by atoms with Crippen LogP contribution in [0.5, 0.6) is 0 Å². The molecule has 2 N–H and O–H groups in total. The molecule has 0 bridgehead atoms. The summed E-state index contributed by atoms with van der Waals surface area (Å²) in [7, 11) is 0. The normalized spacial score (nSPS) is 23.8. The number of nitrogens with two attached hydrogens (primary N) is 1. The van der Waals surface area contributed by atoms with Crippen LogP contribution in [-0.2, 0) is 10.3 Å². The largest absolute Gasteiger partial charge is 0.380 e. The minimum absolute atomic E-state index is 0.208. The molecule has 1 aromatic rings. The first-order valence-corrected chi connectivity index (χ1v) is 6.47. The Kier molecular flexibility index (Phi) is 2.51. The van der Waals surface area contributed by atoms with E-state index in [1.54, 1.807) is 12.3 Å². The zero-order valence-corrected chi connectivity index (χ0v) is 10.9. The van der Waals surface area contributed by atoms with Gasteiger partial charge >= 0.3 is 0 Å². The number of hydrogen-bond acceptors (Lipinski definition) is 3. The zero-order chi connectivity index (χ0) is 13.0. The van der Waals surface area contributed by atoms with Crippen molar-refractivity contribution in [1.82, 2.24) is 4.98 Å². The summed E-state index contributed by atoms with van der Waals surface area (Å²) in [5.41, 5.74) is 7.23. The molecule has 0 unspecified atom stereocenters. The van der Waals surface area contributed by atoms with E-state index in [4.69, 9.17) is 10.5 Å². The van der Waals surface area contributed by atoms with Gasteiger partial charge in [0.15, 0.2) is 0 Å². The van der Waals surface area contributed by atoms with Crippen molar-refractivity contribution < 1.29 is 9.13 Å². The molecule has 0 atom stereocenters. The quantitative estimate of drug-likeness (QED) is 0.876. The van der Waals surface area contributed by atoms with Crippen LogP contribution in [0.25, 0.3) is 0 Å². The predicted octanol–water partition coefficient (Wildman–Crippen LogP) is 2.31. The van der Waals surface area contributed by atoms with Gasteiger partial charge in [-0.15, -0.1) is 0 Å². The Morgan fingerprint density at radius 2 is 2.06 bits per heavy atom. The average Bonchev–Trinajstić information content (AvgIpc) is 2.22. The summed E-state index contributed by atoms with van der Waals surface area (Å²) in [5, 5.41) is 0. The molecule has 3 rings (SSSR count). The Bertz CT molecular complexity index is 475. The third-order valence-corrected chi connectivity index (χ3v) is 4.20. The predicted molar refractivity (Wildman–Crippen MR) is 66.6 cm³/mol. The summed E-state index contributed by atoms with van der Waals surface area (Å²) in [5.74, 6) is 0.0151. The van der Waals surface area contributed by atoms with E-state index >= 15 is 0 Å². The molecule has 98 valence electrons. The number of halogens is 1. The molecule has 1 saturated carbocycles. The molecule has 1 saturated heterocycles. The lowest BCUT2D eigenvalue weighted by atomic mass is 9.55. The number of ether oxygens (including phenoxy) is 1. The van der Waals surface area contributed by atoms with Gasteiger partial charge in [-0.3, -0.25) is 4.98 Å². The molecule has 1 spiro atoms. The van der Waals surface area contributed by atoms with Gasteiger partial charge in [-0.1, -0.05) is 13.8 Å². The molecule has 2 aliphatic rings. The summed E-state index contributed by atoms with van der Waals surface area (Å²) in [6.45, 7) is 5.58. The highest BCUT2D eigenvalue weighted by molar-refractivity contribution is 5.28. The van der Waals surface area contributed by atoms with Crippen LogP contribution in [0.3, 0.4) is 0 Å². The fourth-order valence-electron chi connectivity index (χ4n) is 3.18. The second-order valence-electron chi connectivity index (χ2n) is 6.26. The van der Waals surface area contributed by atoms with E-state index in [9.17, 15) is 4.39 Å². The maximum Gasteiger partial charge on any atom is 0.146 e. The SMILES string of the molecule is CC(C)c1cnc(C2(N)CC3(COC3)C2)c(F)c1. The van der Waals surface area contributed by atoms with Gasteiger partial charge in [-0.25, -0.2) is 4.39 Å². The highest BCUT2D eigenvalue weighted by atomic mass is 19.1. The second kappa shape index (κ2) is 3.75. The second-order valence-corrected chi connectivity index (χ2v) is 6.26. The number of nitrogens with zero attached hydrogens (tertiary/aromatic N) is 1. The van der Waals surface area contributed by atoms with Crippen LogP contribution in [0.15, 0.2) is 12.3 Å². The number of pyridine rings is 1. The van der Waals surface area contributed by atoms with Crippen LogP contribution < -0.4 is 5.73 Å². The summed E-state index contributed by atoms with van der Waals surface area (Å²) in [6, 6.07) is 1.57. The van der Waals surface area contributed by atoms with Crippen molar-refractivity contribution in [3.63, 3.8) is 0 Å². The highest BCUT2D eigenvalue weighted by Crippen LogP contribution is 2.56. The van der Waals surface area contributed by atoms with Gasteiger partial charge in [-0.05, 0) is 30.4 Å². The molecule has 3 nitrogen and oxygen atoms in total. The lowest BCUT2D eigenvalue weighted by Gasteiger charge is -2.58. The molecular weight excluding hydrogens is 231 g/mol. The van der Waals surface area contributed by atoms with E-state index in [1.165, 1.54) is 0 Å². The van der Waals surface area contributed by atoms with Gasteiger partial charge in [0, 0.05) is 11.6 Å². The van der Waals surface area contributed by atoms with E-state index in [-0.39, 0.29) is 17.2 Å². The molecule has 0 radical (unpaired) electrons. The first-order chi connectivity index (χ1) is 8.44. The van der Waals surface area contributed by atoms with Gasteiger partial charge in [-0.2, -0.15) is 0 Å². The van der Waals surface area contributed by atoms with Crippen molar-refractivity contribution in [1.29, 1.82) is 0 Å². The monoisotopic (exact) mass is 250 g/mol. The lowest BCUT2D eigenvalue weighted by Crippen LogP contribution is -2.64.